The minimum atomic E-state index is -0.0295. The number of ether oxygens (including phenoxy) is 7. The van der Waals surface area contributed by atoms with Gasteiger partial charge in [-0.3, -0.25) is 9.80 Å². The largest absolute Gasteiger partial charge is 0.504 e. The summed E-state index contributed by atoms with van der Waals surface area (Å²) in [5.41, 5.74) is 7.64. The normalized spacial score (nSPS) is 17.9. The van der Waals surface area contributed by atoms with Crippen molar-refractivity contribution in [1.82, 2.24) is 9.80 Å². The molecule has 0 unspecified atom stereocenters. The van der Waals surface area contributed by atoms with E-state index in [4.69, 9.17) is 33.2 Å². The Labute approximate surface area is 298 Å². The second-order valence-corrected chi connectivity index (χ2v) is 13.3. The van der Waals surface area contributed by atoms with Crippen LogP contribution < -0.4 is 33.2 Å². The van der Waals surface area contributed by atoms with Gasteiger partial charge in [0.15, 0.2) is 34.5 Å². The van der Waals surface area contributed by atoms with Crippen LogP contribution in [0.4, 0.5) is 0 Å². The predicted octanol–water partition coefficient (Wildman–Crippen LogP) is 6.47. The molecule has 0 saturated heterocycles. The Morgan fingerprint density at radius 2 is 1.25 bits per heavy atom. The SMILES string of the molecule is COc1cc2c(c(O)c1OC)CCN(C)[C@H]2Cc1ccc(Oc2c3c(cc(OC)c2OC)-c2c(OC)c(OC)c(O)c4c2[C@H](C3)N(C)CC4)cc1. The van der Waals surface area contributed by atoms with Gasteiger partial charge in [0.1, 0.15) is 5.75 Å². The van der Waals surface area contributed by atoms with Gasteiger partial charge in [0.05, 0.1) is 42.7 Å². The van der Waals surface area contributed by atoms with E-state index in [1.54, 1.807) is 42.7 Å². The van der Waals surface area contributed by atoms with Crippen molar-refractivity contribution in [3.63, 3.8) is 0 Å². The lowest BCUT2D eigenvalue weighted by Gasteiger charge is -2.41. The molecule has 11 heteroatoms. The third-order valence-electron chi connectivity index (χ3n) is 10.9. The molecule has 3 aliphatic rings. The Morgan fingerprint density at radius 1 is 0.647 bits per heavy atom. The van der Waals surface area contributed by atoms with Gasteiger partial charge in [0.25, 0.3) is 0 Å². The van der Waals surface area contributed by atoms with Crippen molar-refractivity contribution in [2.45, 2.75) is 37.8 Å². The number of fused-ring (bicyclic) bond motifs is 3. The van der Waals surface area contributed by atoms with Crippen LogP contribution in [-0.4, -0.2) is 89.9 Å². The summed E-state index contributed by atoms with van der Waals surface area (Å²) in [6.07, 6.45) is 2.75. The summed E-state index contributed by atoms with van der Waals surface area (Å²) >= 11 is 0. The highest BCUT2D eigenvalue weighted by atomic mass is 16.5. The van der Waals surface area contributed by atoms with Crippen molar-refractivity contribution >= 4 is 0 Å². The lowest BCUT2D eigenvalue weighted by Crippen LogP contribution is -2.36. The number of hydrogen-bond acceptors (Lipinski definition) is 11. The van der Waals surface area contributed by atoms with E-state index >= 15 is 0 Å². The van der Waals surface area contributed by atoms with Crippen molar-refractivity contribution in [2.75, 3.05) is 69.8 Å². The zero-order valence-electron chi connectivity index (χ0n) is 30.5. The second-order valence-electron chi connectivity index (χ2n) is 13.3. The number of phenolic OH excluding ortho intramolecular Hbond substituents is 2. The minimum absolute atomic E-state index is 0.0283. The van der Waals surface area contributed by atoms with E-state index in [-0.39, 0.29) is 23.6 Å². The summed E-state index contributed by atoms with van der Waals surface area (Å²) in [4.78, 5) is 4.61. The van der Waals surface area contributed by atoms with E-state index < -0.39 is 0 Å². The molecule has 2 atom stereocenters. The van der Waals surface area contributed by atoms with Gasteiger partial charge in [-0.05, 0) is 86.3 Å². The fourth-order valence-electron chi connectivity index (χ4n) is 8.26. The number of aromatic hydroxyl groups is 2. The third kappa shape index (κ3) is 5.50. The molecule has 0 saturated carbocycles. The van der Waals surface area contributed by atoms with Crippen LogP contribution in [0.5, 0.6) is 57.5 Å². The molecule has 2 aliphatic heterocycles. The number of likely N-dealkylation sites (N-methyl/N-ethyl adjacent to an activating group) is 2. The van der Waals surface area contributed by atoms with Gasteiger partial charge in [0, 0.05) is 47.4 Å². The van der Waals surface area contributed by atoms with Gasteiger partial charge in [-0.1, -0.05) is 12.1 Å². The molecular weight excluding hydrogens is 652 g/mol. The summed E-state index contributed by atoms with van der Waals surface area (Å²) < 4.78 is 41.3. The molecular formula is C40H46N2O9. The van der Waals surface area contributed by atoms with Gasteiger partial charge < -0.3 is 43.4 Å². The first-order valence-electron chi connectivity index (χ1n) is 17.1. The maximum absolute atomic E-state index is 11.3. The lowest BCUT2D eigenvalue weighted by atomic mass is 9.75. The summed E-state index contributed by atoms with van der Waals surface area (Å²) in [5, 5.41) is 22.4. The third-order valence-corrected chi connectivity index (χ3v) is 10.9. The molecule has 0 bridgehead atoms. The minimum Gasteiger partial charge on any atom is -0.504 e. The number of hydrogen-bond donors (Lipinski definition) is 2. The molecule has 2 N–H and O–H groups in total. The van der Waals surface area contributed by atoms with Crippen LogP contribution in [0, 0.1) is 0 Å². The molecule has 7 rings (SSSR count). The molecule has 270 valence electrons. The average molecular weight is 699 g/mol. The van der Waals surface area contributed by atoms with Gasteiger partial charge >= 0.3 is 0 Å². The molecule has 0 aromatic heterocycles. The molecule has 0 amide bonds. The lowest BCUT2D eigenvalue weighted by molar-refractivity contribution is 0.221. The molecule has 51 heavy (non-hydrogen) atoms. The van der Waals surface area contributed by atoms with E-state index in [2.05, 4.69) is 36.0 Å². The molecule has 0 fully saturated rings. The first-order chi connectivity index (χ1) is 24.7. The van der Waals surface area contributed by atoms with Gasteiger partial charge in [-0.25, -0.2) is 0 Å². The Balaban J connectivity index is 1.28. The molecule has 1 aliphatic carbocycles. The maximum Gasteiger partial charge on any atom is 0.204 e. The number of benzene rings is 4. The van der Waals surface area contributed by atoms with E-state index in [9.17, 15) is 10.2 Å². The Kier molecular flexibility index (Phi) is 9.19. The number of nitrogens with zero attached hydrogens (tertiary/aromatic N) is 2. The first kappa shape index (κ1) is 34.4. The maximum atomic E-state index is 11.3. The fourth-order valence-corrected chi connectivity index (χ4v) is 8.26. The standard InChI is InChI=1S/C40H46N2O9/c1-41-15-13-23-25(19-30(45-3)37(47-5)34(23)43)28(41)17-21-9-11-22(12-10-21)51-36-27-18-29-32-24(14-16-42(29)2)35(44)40(50-8)39(49-7)33(32)26(27)20-31(46-4)38(36)48-6/h9-12,19-20,28-29,43-44H,13-18H2,1-8H3/t28-,29-/m0/s1. The van der Waals surface area contributed by atoms with Gasteiger partial charge in [-0.2, -0.15) is 0 Å². The van der Waals surface area contributed by atoms with Crippen LogP contribution in [-0.2, 0) is 25.7 Å². The van der Waals surface area contributed by atoms with Crippen molar-refractivity contribution in [3.8, 4) is 68.6 Å². The summed E-state index contributed by atoms with van der Waals surface area (Å²) in [7, 11) is 13.7. The highest BCUT2D eigenvalue weighted by molar-refractivity contribution is 5.89. The zero-order valence-corrected chi connectivity index (χ0v) is 30.5. The van der Waals surface area contributed by atoms with E-state index in [0.717, 1.165) is 70.4 Å². The number of phenols is 2. The van der Waals surface area contributed by atoms with Crippen LogP contribution in [0.25, 0.3) is 11.1 Å². The zero-order chi connectivity index (χ0) is 36.1. The number of rotatable bonds is 10. The quantitative estimate of drug-likeness (QED) is 0.190. The average Bonchev–Trinajstić information content (AvgIpc) is 3.14. The van der Waals surface area contributed by atoms with Crippen LogP contribution in [0.15, 0.2) is 36.4 Å². The fraction of sp³-hybridized carbons (Fsp3) is 0.400. The van der Waals surface area contributed by atoms with E-state index in [0.29, 0.717) is 58.8 Å². The van der Waals surface area contributed by atoms with Crippen molar-refractivity contribution in [3.05, 3.63) is 69.8 Å². The monoisotopic (exact) mass is 698 g/mol. The summed E-state index contributed by atoms with van der Waals surface area (Å²) in [5.74, 6) is 4.17. The topological polar surface area (TPSA) is 112 Å². The molecule has 2 heterocycles. The highest BCUT2D eigenvalue weighted by Crippen LogP contribution is 2.60. The Bertz CT molecular complexity index is 1980. The van der Waals surface area contributed by atoms with Crippen molar-refractivity contribution in [1.29, 1.82) is 0 Å². The predicted molar refractivity (Wildman–Crippen MR) is 193 cm³/mol. The molecule has 4 aromatic rings. The summed E-state index contributed by atoms with van der Waals surface area (Å²) in [6.45, 7) is 1.58. The van der Waals surface area contributed by atoms with Gasteiger partial charge in [-0.15, -0.1) is 0 Å². The van der Waals surface area contributed by atoms with Crippen molar-refractivity contribution in [2.24, 2.45) is 0 Å². The van der Waals surface area contributed by atoms with Gasteiger partial charge in [0.2, 0.25) is 17.2 Å². The Morgan fingerprint density at radius 3 is 1.90 bits per heavy atom. The first-order valence-corrected chi connectivity index (χ1v) is 17.1. The highest BCUT2D eigenvalue weighted by Gasteiger charge is 2.41. The molecule has 0 spiro atoms. The van der Waals surface area contributed by atoms with E-state index in [1.807, 2.05) is 24.3 Å². The Hall–Kier alpha value is -5.00. The van der Waals surface area contributed by atoms with E-state index in [1.165, 1.54) is 0 Å². The molecule has 4 aromatic carbocycles. The van der Waals surface area contributed by atoms with Crippen LogP contribution in [0.2, 0.25) is 0 Å². The number of methoxy groups -OCH3 is 6. The van der Waals surface area contributed by atoms with Crippen molar-refractivity contribution < 1.29 is 43.4 Å². The van der Waals surface area contributed by atoms with Crippen LogP contribution >= 0.6 is 0 Å². The van der Waals surface area contributed by atoms with Crippen LogP contribution in [0.1, 0.15) is 45.5 Å². The van der Waals surface area contributed by atoms with Crippen LogP contribution in [0.3, 0.4) is 0 Å². The smallest absolute Gasteiger partial charge is 0.204 e. The molecule has 0 radical (unpaired) electrons. The molecule has 11 nitrogen and oxygen atoms in total. The second kappa shape index (κ2) is 13.6. The summed E-state index contributed by atoms with van der Waals surface area (Å²) in [6, 6.07) is 12.0.